The highest BCUT2D eigenvalue weighted by atomic mass is 32.2. The summed E-state index contributed by atoms with van der Waals surface area (Å²) in [6, 6.07) is 18.0. The van der Waals surface area contributed by atoms with Crippen LogP contribution in [0.15, 0.2) is 54.6 Å². The Hall–Kier alpha value is -1.98. The van der Waals surface area contributed by atoms with Crippen LogP contribution in [-0.4, -0.2) is 35.6 Å². The molecule has 0 saturated carbocycles. The minimum absolute atomic E-state index is 0.00104. The number of anilines is 1. The van der Waals surface area contributed by atoms with Gasteiger partial charge in [-0.25, -0.2) is 0 Å². The second-order valence-corrected chi connectivity index (χ2v) is 7.61. The minimum atomic E-state index is -0.535. The van der Waals surface area contributed by atoms with Crippen molar-refractivity contribution in [1.29, 1.82) is 0 Å². The van der Waals surface area contributed by atoms with Crippen LogP contribution in [0.1, 0.15) is 30.1 Å². The van der Waals surface area contributed by atoms with Crippen molar-refractivity contribution < 1.29 is 9.90 Å². The average Bonchev–Trinajstić information content (AvgIpc) is 3.22. The molecule has 2 N–H and O–H groups in total. The summed E-state index contributed by atoms with van der Waals surface area (Å²) >= 11 is 1.45. The molecule has 5 heteroatoms. The molecule has 1 heterocycles. The van der Waals surface area contributed by atoms with Crippen LogP contribution in [0.5, 0.6) is 0 Å². The van der Waals surface area contributed by atoms with Crippen molar-refractivity contribution in [2.45, 2.75) is 25.5 Å². The molecular formula is C21H26N2O2S. The number of nitrogens with zero attached hydrogens (tertiary/aromatic N) is 1. The second kappa shape index (κ2) is 9.64. The molecule has 0 aliphatic carbocycles. The number of hydrogen-bond donors (Lipinski definition) is 2. The van der Waals surface area contributed by atoms with Gasteiger partial charge in [0.2, 0.25) is 5.91 Å². The maximum Gasteiger partial charge on any atom is 0.230 e. The smallest absolute Gasteiger partial charge is 0.230 e. The number of aliphatic hydroxyl groups is 1. The van der Waals surface area contributed by atoms with E-state index in [1.165, 1.54) is 30.3 Å². The zero-order valence-corrected chi connectivity index (χ0v) is 15.8. The van der Waals surface area contributed by atoms with Crippen LogP contribution in [0.25, 0.3) is 0 Å². The predicted octanol–water partition coefficient (Wildman–Crippen LogP) is 3.37. The van der Waals surface area contributed by atoms with Crippen LogP contribution >= 0.6 is 11.8 Å². The molecule has 3 rings (SSSR count). The van der Waals surface area contributed by atoms with E-state index in [0.29, 0.717) is 18.1 Å². The van der Waals surface area contributed by atoms with Gasteiger partial charge in [-0.3, -0.25) is 4.79 Å². The first-order valence-electron chi connectivity index (χ1n) is 9.14. The zero-order valence-electron chi connectivity index (χ0n) is 14.9. The first-order valence-corrected chi connectivity index (χ1v) is 10.3. The Morgan fingerprint density at radius 2 is 1.77 bits per heavy atom. The van der Waals surface area contributed by atoms with E-state index in [4.69, 9.17) is 0 Å². The van der Waals surface area contributed by atoms with Gasteiger partial charge in [0.1, 0.15) is 0 Å². The Bertz CT molecular complexity index is 685. The average molecular weight is 371 g/mol. The van der Waals surface area contributed by atoms with E-state index >= 15 is 0 Å². The van der Waals surface area contributed by atoms with Gasteiger partial charge < -0.3 is 15.3 Å². The van der Waals surface area contributed by atoms with Crippen LogP contribution in [0, 0.1) is 0 Å². The molecule has 138 valence electrons. The summed E-state index contributed by atoms with van der Waals surface area (Å²) in [5.74, 6) is 0.872. The number of carbonyl (C=O) groups excluding carboxylic acids is 1. The molecule has 1 unspecified atom stereocenters. The van der Waals surface area contributed by atoms with Crippen molar-refractivity contribution in [2.24, 2.45) is 0 Å². The van der Waals surface area contributed by atoms with Crippen LogP contribution in [-0.2, 0) is 11.3 Å². The largest absolute Gasteiger partial charge is 0.388 e. The summed E-state index contributed by atoms with van der Waals surface area (Å²) in [5, 5.41) is 13.0. The van der Waals surface area contributed by atoms with Gasteiger partial charge in [0.15, 0.2) is 0 Å². The number of aliphatic hydroxyl groups excluding tert-OH is 1. The number of amides is 1. The molecule has 0 bridgehead atoms. The molecule has 2 aromatic carbocycles. The maximum absolute atomic E-state index is 12.0. The second-order valence-electron chi connectivity index (χ2n) is 6.58. The van der Waals surface area contributed by atoms with Crippen molar-refractivity contribution >= 4 is 23.4 Å². The lowest BCUT2D eigenvalue weighted by Gasteiger charge is -2.17. The summed E-state index contributed by atoms with van der Waals surface area (Å²) < 4.78 is 0. The molecule has 0 radical (unpaired) electrons. The van der Waals surface area contributed by atoms with Gasteiger partial charge in [-0.15, -0.1) is 11.8 Å². The van der Waals surface area contributed by atoms with Crippen molar-refractivity contribution in [2.75, 3.05) is 29.5 Å². The lowest BCUT2D eigenvalue weighted by atomic mass is 10.1. The summed E-state index contributed by atoms with van der Waals surface area (Å²) in [6.45, 7) is 2.82. The van der Waals surface area contributed by atoms with Gasteiger partial charge in [-0.2, -0.15) is 0 Å². The molecule has 1 saturated heterocycles. The SMILES string of the molecule is O=C(CSCC(O)c1ccccc1)NCc1ccc(N2CCCC2)cc1. The molecule has 2 aromatic rings. The van der Waals surface area contributed by atoms with Crippen LogP contribution in [0.2, 0.25) is 0 Å². The summed E-state index contributed by atoms with van der Waals surface area (Å²) in [7, 11) is 0. The highest BCUT2D eigenvalue weighted by molar-refractivity contribution is 7.99. The molecule has 4 nitrogen and oxygen atoms in total. The Kier molecular flexibility index (Phi) is 6.97. The van der Waals surface area contributed by atoms with Crippen molar-refractivity contribution in [1.82, 2.24) is 5.32 Å². The monoisotopic (exact) mass is 370 g/mol. The van der Waals surface area contributed by atoms with Crippen LogP contribution in [0.3, 0.4) is 0 Å². The van der Waals surface area contributed by atoms with E-state index in [0.717, 1.165) is 24.2 Å². The number of rotatable bonds is 8. The predicted molar refractivity (Wildman–Crippen MR) is 108 cm³/mol. The first-order chi connectivity index (χ1) is 12.7. The van der Waals surface area contributed by atoms with E-state index in [9.17, 15) is 9.90 Å². The molecule has 1 amide bonds. The first kappa shape index (κ1) is 18.8. The van der Waals surface area contributed by atoms with Crippen molar-refractivity contribution in [3.8, 4) is 0 Å². The van der Waals surface area contributed by atoms with Gasteiger partial charge in [0.05, 0.1) is 11.9 Å². The van der Waals surface area contributed by atoms with E-state index in [2.05, 4.69) is 34.5 Å². The topological polar surface area (TPSA) is 52.6 Å². The molecule has 1 aliphatic rings. The molecule has 1 atom stereocenters. The van der Waals surface area contributed by atoms with Gasteiger partial charge in [0.25, 0.3) is 0 Å². The normalized spacial score (nSPS) is 15.0. The molecular weight excluding hydrogens is 344 g/mol. The van der Waals surface area contributed by atoms with Gasteiger partial charge in [-0.05, 0) is 36.1 Å². The number of nitrogens with one attached hydrogen (secondary N) is 1. The lowest BCUT2D eigenvalue weighted by Crippen LogP contribution is -2.25. The van der Waals surface area contributed by atoms with E-state index in [1.807, 2.05) is 30.3 Å². The fraction of sp³-hybridized carbons (Fsp3) is 0.381. The van der Waals surface area contributed by atoms with Crippen LogP contribution in [0.4, 0.5) is 5.69 Å². The quantitative estimate of drug-likeness (QED) is 0.748. The molecule has 1 aliphatic heterocycles. The fourth-order valence-corrected chi connectivity index (χ4v) is 3.91. The molecule has 0 spiro atoms. The third-order valence-electron chi connectivity index (χ3n) is 4.59. The Morgan fingerprint density at radius 1 is 1.08 bits per heavy atom. The highest BCUT2D eigenvalue weighted by Gasteiger charge is 2.12. The van der Waals surface area contributed by atoms with Gasteiger partial charge >= 0.3 is 0 Å². The summed E-state index contributed by atoms with van der Waals surface area (Å²) in [5.41, 5.74) is 3.26. The van der Waals surface area contributed by atoms with Crippen molar-refractivity contribution in [3.63, 3.8) is 0 Å². The van der Waals surface area contributed by atoms with E-state index in [-0.39, 0.29) is 5.91 Å². The fourth-order valence-electron chi connectivity index (χ4n) is 3.09. The molecule has 0 aromatic heterocycles. The lowest BCUT2D eigenvalue weighted by molar-refractivity contribution is -0.118. The Labute approximate surface area is 159 Å². The minimum Gasteiger partial charge on any atom is -0.388 e. The number of hydrogen-bond acceptors (Lipinski definition) is 4. The standard InChI is InChI=1S/C21H26N2O2S/c24-20(18-6-2-1-3-7-18)15-26-16-21(25)22-14-17-8-10-19(11-9-17)23-12-4-5-13-23/h1-3,6-11,20,24H,4-5,12-16H2,(H,22,25). The number of benzene rings is 2. The third kappa shape index (κ3) is 5.51. The van der Waals surface area contributed by atoms with E-state index < -0.39 is 6.10 Å². The van der Waals surface area contributed by atoms with Crippen molar-refractivity contribution in [3.05, 3.63) is 65.7 Å². The van der Waals surface area contributed by atoms with E-state index in [1.54, 1.807) is 0 Å². The van der Waals surface area contributed by atoms with Crippen LogP contribution < -0.4 is 10.2 Å². The highest BCUT2D eigenvalue weighted by Crippen LogP contribution is 2.20. The Morgan fingerprint density at radius 3 is 2.46 bits per heavy atom. The Balaban J connectivity index is 1.36. The number of thioether (sulfide) groups is 1. The molecule has 26 heavy (non-hydrogen) atoms. The molecule has 1 fully saturated rings. The third-order valence-corrected chi connectivity index (χ3v) is 5.61. The zero-order chi connectivity index (χ0) is 18.2. The number of carbonyl (C=O) groups is 1. The maximum atomic E-state index is 12.0. The summed E-state index contributed by atoms with van der Waals surface area (Å²) in [4.78, 5) is 14.4. The van der Waals surface area contributed by atoms with Gasteiger partial charge in [-0.1, -0.05) is 42.5 Å². The summed E-state index contributed by atoms with van der Waals surface area (Å²) in [6.07, 6.45) is 2.01. The van der Waals surface area contributed by atoms with Gasteiger partial charge in [0, 0.05) is 31.1 Å².